The Morgan fingerprint density at radius 2 is 2.09 bits per heavy atom. The number of pyridine rings is 1. The van der Waals surface area contributed by atoms with E-state index >= 15 is 0 Å². The van der Waals surface area contributed by atoms with Gasteiger partial charge in [0, 0.05) is 41.8 Å². The Bertz CT molecular complexity index is 896. The van der Waals surface area contributed by atoms with E-state index in [0.717, 1.165) is 26.1 Å². The topological polar surface area (TPSA) is 69.7 Å². The summed E-state index contributed by atoms with van der Waals surface area (Å²) >= 11 is 5.91. The van der Waals surface area contributed by atoms with Crippen molar-refractivity contribution in [2.45, 2.75) is 24.8 Å². The van der Waals surface area contributed by atoms with Crippen molar-refractivity contribution in [3.05, 3.63) is 53.1 Å². The first kappa shape index (κ1) is 24.2. The van der Waals surface area contributed by atoms with Crippen molar-refractivity contribution in [1.82, 2.24) is 20.1 Å². The number of nitrogens with one attached hydrogen (secondary N) is 2. The first-order valence-electron chi connectivity index (χ1n) is 10.8. The molecule has 0 saturated carbocycles. The van der Waals surface area contributed by atoms with Crippen LogP contribution in [0.25, 0.3) is 0 Å². The van der Waals surface area contributed by atoms with Gasteiger partial charge in [0.15, 0.2) is 0 Å². The highest BCUT2D eigenvalue weighted by Crippen LogP contribution is 2.29. The van der Waals surface area contributed by atoms with Crippen LogP contribution in [-0.4, -0.2) is 74.2 Å². The molecule has 0 spiro atoms. The molecule has 2 heterocycles. The van der Waals surface area contributed by atoms with E-state index in [1.54, 1.807) is 24.3 Å². The van der Waals surface area contributed by atoms with Crippen LogP contribution in [0.3, 0.4) is 0 Å². The average Bonchev–Trinajstić information content (AvgIpc) is 2.76. The summed E-state index contributed by atoms with van der Waals surface area (Å²) in [7, 11) is 5.58. The van der Waals surface area contributed by atoms with Gasteiger partial charge in [0.2, 0.25) is 0 Å². The second-order valence-electron chi connectivity index (χ2n) is 8.31. The van der Waals surface area contributed by atoms with Gasteiger partial charge in [-0.1, -0.05) is 11.6 Å². The molecule has 0 aliphatic carbocycles. The predicted molar refractivity (Wildman–Crippen MR) is 125 cm³/mol. The molecule has 9 heteroatoms. The lowest BCUT2D eigenvalue weighted by molar-refractivity contribution is 0.165. The highest BCUT2D eigenvalue weighted by Gasteiger charge is 2.34. The van der Waals surface area contributed by atoms with Gasteiger partial charge in [0.05, 0.1) is 19.0 Å². The van der Waals surface area contributed by atoms with Gasteiger partial charge in [-0.15, -0.1) is 0 Å². The van der Waals surface area contributed by atoms with Crippen LogP contribution in [0.2, 0.25) is 5.02 Å². The summed E-state index contributed by atoms with van der Waals surface area (Å²) < 4.78 is 20.0. The summed E-state index contributed by atoms with van der Waals surface area (Å²) in [4.78, 5) is 21.5. The number of anilines is 1. The number of carbonyl (C=O) groups excluding carboxylic acids is 1. The fraction of sp³-hybridized carbons (Fsp3) is 0.478. The lowest BCUT2D eigenvalue weighted by atomic mass is 9.88. The number of likely N-dealkylation sites (tertiary alicyclic amines) is 1. The Morgan fingerprint density at radius 1 is 1.34 bits per heavy atom. The quantitative estimate of drug-likeness (QED) is 0.623. The average molecular weight is 464 g/mol. The van der Waals surface area contributed by atoms with E-state index in [-0.39, 0.29) is 18.0 Å². The zero-order chi connectivity index (χ0) is 23.1. The van der Waals surface area contributed by atoms with Gasteiger partial charge in [-0.3, -0.25) is 4.98 Å². The van der Waals surface area contributed by atoms with Gasteiger partial charge in [-0.05, 0) is 64.3 Å². The molecule has 1 aromatic heterocycles. The Morgan fingerprint density at radius 3 is 2.75 bits per heavy atom. The smallest absolute Gasteiger partial charge is 0.319 e. The molecule has 2 amide bonds. The van der Waals surface area contributed by atoms with Gasteiger partial charge in [-0.25, -0.2) is 9.18 Å². The molecule has 0 unspecified atom stereocenters. The summed E-state index contributed by atoms with van der Waals surface area (Å²) in [6.45, 7) is 3.35. The molecule has 1 saturated heterocycles. The molecule has 0 radical (unpaired) electrons. The summed E-state index contributed by atoms with van der Waals surface area (Å²) in [5.41, 5.74) is 0.984. The largest absolute Gasteiger partial charge is 0.495 e. The minimum Gasteiger partial charge on any atom is -0.495 e. The fourth-order valence-corrected chi connectivity index (χ4v) is 4.09. The maximum atomic E-state index is 14.9. The number of ether oxygens (including phenoxy) is 1. The summed E-state index contributed by atoms with van der Waals surface area (Å²) in [6, 6.07) is 7.65. The molecule has 7 nitrogen and oxygen atoms in total. The van der Waals surface area contributed by atoms with Crippen molar-refractivity contribution >= 4 is 23.3 Å². The SMILES string of the molecule is COc1cnc([C@@H]2CN(CCCN(C)C)CC[C@H]2NC(=O)Nc2ccc(Cl)cc2)c(F)c1. The van der Waals surface area contributed by atoms with Crippen molar-refractivity contribution < 1.29 is 13.9 Å². The third-order valence-electron chi connectivity index (χ3n) is 5.63. The number of halogens is 2. The van der Waals surface area contributed by atoms with Crippen molar-refractivity contribution in [3.63, 3.8) is 0 Å². The standard InChI is InChI=1S/C23H31ClFN5O2/c1-29(2)10-4-11-30-12-9-21(28-23(31)27-17-7-5-16(24)6-8-17)19(15-30)22-20(25)13-18(32-3)14-26-22/h5-8,13-14,19,21H,4,9-12,15H2,1-3H3,(H2,27,28,31)/t19-,21-/m1/s1. The van der Waals surface area contributed by atoms with E-state index in [9.17, 15) is 9.18 Å². The maximum Gasteiger partial charge on any atom is 0.319 e. The first-order chi connectivity index (χ1) is 15.4. The van der Waals surface area contributed by atoms with Crippen LogP contribution in [-0.2, 0) is 0 Å². The number of urea groups is 1. The second kappa shape index (κ2) is 11.4. The molecule has 1 fully saturated rings. The van der Waals surface area contributed by atoms with Crippen LogP contribution >= 0.6 is 11.6 Å². The number of piperidine rings is 1. The highest BCUT2D eigenvalue weighted by atomic mass is 35.5. The molecule has 1 aliphatic rings. The Hall–Kier alpha value is -2.42. The minimum atomic E-state index is -0.422. The van der Waals surface area contributed by atoms with Gasteiger partial charge in [0.25, 0.3) is 0 Å². The Kier molecular flexibility index (Phi) is 8.67. The van der Waals surface area contributed by atoms with Crippen LogP contribution in [0.15, 0.2) is 36.5 Å². The number of carbonyl (C=O) groups is 1. The van der Waals surface area contributed by atoms with Crippen molar-refractivity contribution in [1.29, 1.82) is 0 Å². The molecule has 174 valence electrons. The molecule has 1 aromatic carbocycles. The summed E-state index contributed by atoms with van der Waals surface area (Å²) in [5, 5.41) is 6.44. The van der Waals surface area contributed by atoms with Gasteiger partial charge < -0.3 is 25.2 Å². The van der Waals surface area contributed by atoms with Crippen LogP contribution in [0.1, 0.15) is 24.5 Å². The second-order valence-corrected chi connectivity index (χ2v) is 8.74. The lowest BCUT2D eigenvalue weighted by Crippen LogP contribution is -2.51. The monoisotopic (exact) mass is 463 g/mol. The van der Waals surface area contributed by atoms with E-state index in [1.807, 2.05) is 0 Å². The Balaban J connectivity index is 1.72. The minimum absolute atomic E-state index is 0.247. The van der Waals surface area contributed by atoms with E-state index in [1.165, 1.54) is 19.4 Å². The third kappa shape index (κ3) is 6.79. The zero-order valence-electron chi connectivity index (χ0n) is 18.8. The van der Waals surface area contributed by atoms with Crippen molar-refractivity contribution in [2.75, 3.05) is 52.7 Å². The number of rotatable bonds is 8. The van der Waals surface area contributed by atoms with Gasteiger partial charge in [-0.2, -0.15) is 0 Å². The molecule has 32 heavy (non-hydrogen) atoms. The molecule has 0 bridgehead atoms. The molecule has 1 aliphatic heterocycles. The van der Waals surface area contributed by atoms with Crippen LogP contribution < -0.4 is 15.4 Å². The predicted octanol–water partition coefficient (Wildman–Crippen LogP) is 3.81. The number of methoxy groups -OCH3 is 1. The van der Waals surface area contributed by atoms with E-state index in [2.05, 4.69) is 39.5 Å². The molecule has 3 rings (SSSR count). The number of hydrogen-bond acceptors (Lipinski definition) is 5. The number of hydrogen-bond donors (Lipinski definition) is 2. The first-order valence-corrected chi connectivity index (χ1v) is 11.1. The number of benzene rings is 1. The van der Waals surface area contributed by atoms with E-state index in [0.29, 0.717) is 35.1 Å². The van der Waals surface area contributed by atoms with Crippen molar-refractivity contribution in [2.24, 2.45) is 0 Å². The molecular formula is C23H31ClFN5O2. The lowest BCUT2D eigenvalue weighted by Gasteiger charge is -2.39. The third-order valence-corrected chi connectivity index (χ3v) is 5.88. The molecule has 2 atom stereocenters. The highest BCUT2D eigenvalue weighted by molar-refractivity contribution is 6.30. The van der Waals surface area contributed by atoms with Gasteiger partial charge >= 0.3 is 6.03 Å². The number of amides is 2. The van der Waals surface area contributed by atoms with E-state index < -0.39 is 5.82 Å². The zero-order valence-corrected chi connectivity index (χ0v) is 19.5. The summed E-state index contributed by atoms with van der Waals surface area (Å²) in [5.74, 6) is -0.325. The molecular weight excluding hydrogens is 433 g/mol. The number of nitrogens with zero attached hydrogens (tertiary/aromatic N) is 3. The summed E-state index contributed by atoms with van der Waals surface area (Å²) in [6.07, 6.45) is 3.25. The Labute approximate surface area is 193 Å². The molecule has 2 N–H and O–H groups in total. The normalized spacial score (nSPS) is 19.1. The van der Waals surface area contributed by atoms with Crippen LogP contribution in [0.4, 0.5) is 14.9 Å². The fourth-order valence-electron chi connectivity index (χ4n) is 3.97. The maximum absolute atomic E-state index is 14.9. The van der Waals surface area contributed by atoms with Gasteiger partial charge in [0.1, 0.15) is 11.6 Å². The van der Waals surface area contributed by atoms with Crippen LogP contribution in [0, 0.1) is 5.82 Å². The van der Waals surface area contributed by atoms with Crippen LogP contribution in [0.5, 0.6) is 5.75 Å². The molecule has 2 aromatic rings. The number of aromatic nitrogens is 1. The van der Waals surface area contributed by atoms with Crippen molar-refractivity contribution in [3.8, 4) is 5.75 Å². The van der Waals surface area contributed by atoms with E-state index in [4.69, 9.17) is 16.3 Å².